The predicted octanol–water partition coefficient (Wildman–Crippen LogP) is 3.85. The smallest absolute Gasteiger partial charge is 0.407 e. The quantitative estimate of drug-likeness (QED) is 0.783. The molecule has 0 heterocycles. The van der Waals surface area contributed by atoms with Crippen molar-refractivity contribution in [3.05, 3.63) is 0 Å². The van der Waals surface area contributed by atoms with Crippen LogP contribution in [-0.2, 0) is 4.74 Å². The van der Waals surface area contributed by atoms with Crippen molar-refractivity contribution in [2.24, 2.45) is 5.92 Å². The molecule has 3 unspecified atom stereocenters. The number of hydrogen-bond acceptors (Lipinski definition) is 3. The van der Waals surface area contributed by atoms with E-state index in [1.165, 1.54) is 12.8 Å². The first-order chi connectivity index (χ1) is 9.67. The Labute approximate surface area is 130 Å². The molecule has 0 radical (unpaired) electrons. The molecule has 2 N–H and O–H groups in total. The van der Waals surface area contributed by atoms with Crippen LogP contribution < -0.4 is 10.6 Å². The summed E-state index contributed by atoms with van der Waals surface area (Å²) in [6.45, 7) is 12.4. The number of rotatable bonds is 6. The molecule has 1 amide bonds. The Bertz CT molecular complexity index is 323. The van der Waals surface area contributed by atoms with Crippen molar-refractivity contribution in [3.63, 3.8) is 0 Å². The van der Waals surface area contributed by atoms with E-state index < -0.39 is 5.60 Å². The molecule has 1 aliphatic rings. The minimum atomic E-state index is -0.434. The molecule has 1 fully saturated rings. The highest BCUT2D eigenvalue weighted by Gasteiger charge is 2.30. The number of alkyl carbamates (subject to hydrolysis) is 1. The maximum absolute atomic E-state index is 11.9. The summed E-state index contributed by atoms with van der Waals surface area (Å²) in [6.07, 6.45) is 5.46. The zero-order valence-electron chi connectivity index (χ0n) is 14.7. The molecule has 0 saturated heterocycles. The van der Waals surface area contributed by atoms with Crippen LogP contribution in [0.15, 0.2) is 0 Å². The van der Waals surface area contributed by atoms with Crippen LogP contribution in [0.1, 0.15) is 73.6 Å². The van der Waals surface area contributed by atoms with Crippen molar-refractivity contribution in [3.8, 4) is 0 Å². The number of carbonyl (C=O) groups is 1. The largest absolute Gasteiger partial charge is 0.444 e. The number of hydrogen-bond donors (Lipinski definition) is 2. The van der Waals surface area contributed by atoms with E-state index in [2.05, 4.69) is 31.4 Å². The van der Waals surface area contributed by atoms with E-state index in [0.717, 1.165) is 25.2 Å². The van der Waals surface area contributed by atoms with Gasteiger partial charge in [0.05, 0.1) is 0 Å². The second-order valence-corrected chi connectivity index (χ2v) is 7.83. The zero-order chi connectivity index (χ0) is 16.0. The Kier molecular flexibility index (Phi) is 6.98. The van der Waals surface area contributed by atoms with Crippen molar-refractivity contribution in [2.45, 2.75) is 97.4 Å². The molecular formula is C17H34N2O2. The second-order valence-electron chi connectivity index (χ2n) is 7.83. The highest BCUT2D eigenvalue weighted by Crippen LogP contribution is 2.21. The van der Waals surface area contributed by atoms with Gasteiger partial charge in [0.2, 0.25) is 0 Å². The van der Waals surface area contributed by atoms with E-state index in [1.54, 1.807) is 0 Å². The maximum Gasteiger partial charge on any atom is 0.407 e. The van der Waals surface area contributed by atoms with Gasteiger partial charge in [0, 0.05) is 18.1 Å². The first-order valence-electron chi connectivity index (χ1n) is 8.43. The van der Waals surface area contributed by atoms with E-state index in [4.69, 9.17) is 4.74 Å². The molecule has 21 heavy (non-hydrogen) atoms. The third-order valence-electron chi connectivity index (χ3n) is 3.89. The van der Waals surface area contributed by atoms with Gasteiger partial charge in [-0.15, -0.1) is 0 Å². The van der Waals surface area contributed by atoms with Crippen LogP contribution in [0, 0.1) is 5.92 Å². The van der Waals surface area contributed by atoms with Crippen LogP contribution in [-0.4, -0.2) is 29.8 Å². The van der Waals surface area contributed by atoms with E-state index >= 15 is 0 Å². The van der Waals surface area contributed by atoms with Gasteiger partial charge in [-0.2, -0.15) is 0 Å². The van der Waals surface area contributed by atoms with Crippen molar-refractivity contribution in [2.75, 3.05) is 0 Å². The van der Waals surface area contributed by atoms with Gasteiger partial charge in [-0.3, -0.25) is 0 Å². The van der Waals surface area contributed by atoms with Crippen LogP contribution >= 0.6 is 0 Å². The maximum atomic E-state index is 11.9. The van der Waals surface area contributed by atoms with Crippen LogP contribution in [0.5, 0.6) is 0 Å². The topological polar surface area (TPSA) is 50.4 Å². The fraction of sp³-hybridized carbons (Fsp3) is 0.941. The summed E-state index contributed by atoms with van der Waals surface area (Å²) < 4.78 is 5.35. The molecule has 0 aromatic heterocycles. The third kappa shape index (κ3) is 7.70. The van der Waals surface area contributed by atoms with E-state index in [9.17, 15) is 4.79 Å². The molecule has 0 spiro atoms. The Morgan fingerprint density at radius 3 is 2.33 bits per heavy atom. The normalized spacial score (nSPS) is 24.1. The van der Waals surface area contributed by atoms with Gasteiger partial charge in [-0.1, -0.05) is 13.8 Å². The van der Waals surface area contributed by atoms with Crippen molar-refractivity contribution < 1.29 is 9.53 Å². The molecule has 0 aromatic rings. The number of nitrogens with one attached hydrogen (secondary N) is 2. The summed E-state index contributed by atoms with van der Waals surface area (Å²) in [7, 11) is 0. The Hall–Kier alpha value is -0.770. The summed E-state index contributed by atoms with van der Waals surface area (Å²) >= 11 is 0. The summed E-state index contributed by atoms with van der Waals surface area (Å²) in [4.78, 5) is 11.9. The van der Waals surface area contributed by atoms with E-state index in [0.29, 0.717) is 12.1 Å². The lowest BCUT2D eigenvalue weighted by atomic mass is 10.0. The van der Waals surface area contributed by atoms with Crippen molar-refractivity contribution in [1.82, 2.24) is 10.6 Å². The van der Waals surface area contributed by atoms with Gasteiger partial charge >= 0.3 is 6.09 Å². The molecule has 1 aliphatic carbocycles. The minimum absolute atomic E-state index is 0.196. The molecular weight excluding hydrogens is 264 g/mol. The molecule has 1 saturated carbocycles. The summed E-state index contributed by atoms with van der Waals surface area (Å²) in [5.41, 5.74) is -0.434. The van der Waals surface area contributed by atoms with Crippen LogP contribution in [0.25, 0.3) is 0 Å². The average Bonchev–Trinajstić information content (AvgIpc) is 2.71. The third-order valence-corrected chi connectivity index (χ3v) is 3.89. The monoisotopic (exact) mass is 298 g/mol. The molecule has 0 aromatic carbocycles. The van der Waals surface area contributed by atoms with Crippen LogP contribution in [0.4, 0.5) is 4.79 Å². The van der Waals surface area contributed by atoms with Crippen molar-refractivity contribution in [1.29, 1.82) is 0 Å². The molecule has 124 valence electrons. The van der Waals surface area contributed by atoms with E-state index in [1.807, 2.05) is 20.8 Å². The van der Waals surface area contributed by atoms with Gasteiger partial charge in [-0.05, 0) is 65.7 Å². The summed E-state index contributed by atoms with van der Waals surface area (Å²) in [6, 6.07) is 1.07. The molecule has 1 rings (SSSR count). The second kappa shape index (κ2) is 8.02. The first kappa shape index (κ1) is 18.3. The van der Waals surface area contributed by atoms with Gasteiger partial charge < -0.3 is 15.4 Å². The van der Waals surface area contributed by atoms with Gasteiger partial charge in [-0.25, -0.2) is 4.79 Å². The summed E-state index contributed by atoms with van der Waals surface area (Å²) in [5.74, 6) is 0.744. The molecule has 4 nitrogen and oxygen atoms in total. The Morgan fingerprint density at radius 2 is 1.76 bits per heavy atom. The zero-order valence-corrected chi connectivity index (χ0v) is 14.7. The number of ether oxygens (including phenoxy) is 1. The fourth-order valence-electron chi connectivity index (χ4n) is 2.82. The standard InChI is InChI=1S/C17H34N2O2/c1-12(2)10-11-13(3)18-14-8-7-9-15(14)19-16(20)21-17(4,5)6/h12-15,18H,7-11H2,1-6H3,(H,19,20). The molecule has 0 aliphatic heterocycles. The fourth-order valence-corrected chi connectivity index (χ4v) is 2.82. The van der Waals surface area contributed by atoms with Gasteiger partial charge in [0.15, 0.2) is 0 Å². The van der Waals surface area contributed by atoms with Crippen LogP contribution in [0.2, 0.25) is 0 Å². The lowest BCUT2D eigenvalue weighted by Crippen LogP contribution is -2.50. The number of amides is 1. The molecule has 0 bridgehead atoms. The predicted molar refractivity (Wildman–Crippen MR) is 87.5 cm³/mol. The van der Waals surface area contributed by atoms with Crippen molar-refractivity contribution >= 4 is 6.09 Å². The SMILES string of the molecule is CC(C)CCC(C)NC1CCCC1NC(=O)OC(C)(C)C. The lowest BCUT2D eigenvalue weighted by molar-refractivity contribution is 0.0497. The molecule has 3 atom stereocenters. The highest BCUT2D eigenvalue weighted by molar-refractivity contribution is 5.68. The summed E-state index contributed by atoms with van der Waals surface area (Å²) in [5, 5.41) is 6.71. The Balaban J connectivity index is 2.39. The highest BCUT2D eigenvalue weighted by atomic mass is 16.6. The van der Waals surface area contributed by atoms with Crippen LogP contribution in [0.3, 0.4) is 0 Å². The van der Waals surface area contributed by atoms with E-state index in [-0.39, 0.29) is 12.1 Å². The number of carbonyl (C=O) groups excluding carboxylic acids is 1. The van der Waals surface area contributed by atoms with Gasteiger partial charge in [0.25, 0.3) is 0 Å². The minimum Gasteiger partial charge on any atom is -0.444 e. The first-order valence-corrected chi connectivity index (χ1v) is 8.43. The Morgan fingerprint density at radius 1 is 1.14 bits per heavy atom. The van der Waals surface area contributed by atoms with Gasteiger partial charge in [0.1, 0.15) is 5.60 Å². The lowest BCUT2D eigenvalue weighted by Gasteiger charge is -2.27. The molecule has 4 heteroatoms. The average molecular weight is 298 g/mol.